The summed E-state index contributed by atoms with van der Waals surface area (Å²) in [6.07, 6.45) is 1.36. The van der Waals surface area contributed by atoms with Crippen molar-refractivity contribution in [3.05, 3.63) is 47.2 Å². The van der Waals surface area contributed by atoms with Gasteiger partial charge in [-0.1, -0.05) is 19.1 Å². The third kappa shape index (κ3) is 4.18. The van der Waals surface area contributed by atoms with Gasteiger partial charge in [-0.3, -0.25) is 19.7 Å². The molecule has 0 saturated carbocycles. The summed E-state index contributed by atoms with van der Waals surface area (Å²) >= 11 is 0. The third-order valence-electron chi connectivity index (χ3n) is 6.22. The van der Waals surface area contributed by atoms with Crippen LogP contribution in [0, 0.1) is 13.8 Å². The van der Waals surface area contributed by atoms with Gasteiger partial charge in [0.2, 0.25) is 17.7 Å². The van der Waals surface area contributed by atoms with Crippen LogP contribution in [-0.2, 0) is 26.8 Å². The first-order valence-corrected chi connectivity index (χ1v) is 10.9. The lowest BCUT2D eigenvalue weighted by Gasteiger charge is -2.35. The van der Waals surface area contributed by atoms with E-state index >= 15 is 0 Å². The number of benzene rings is 1. The Morgan fingerprint density at radius 2 is 1.97 bits per heavy atom. The van der Waals surface area contributed by atoms with E-state index in [1.54, 1.807) is 23.9 Å². The number of ether oxygens (including phenoxy) is 1. The fourth-order valence-electron chi connectivity index (χ4n) is 4.42. The van der Waals surface area contributed by atoms with E-state index in [4.69, 9.17) is 4.74 Å². The van der Waals surface area contributed by atoms with Crippen molar-refractivity contribution in [1.29, 1.82) is 0 Å². The van der Waals surface area contributed by atoms with Gasteiger partial charge in [0.05, 0.1) is 10.8 Å². The van der Waals surface area contributed by atoms with Gasteiger partial charge < -0.3 is 10.1 Å². The van der Waals surface area contributed by atoms with Gasteiger partial charge in [-0.15, -0.1) is 5.10 Å². The third-order valence-corrected chi connectivity index (χ3v) is 6.22. The SMILES string of the molecule is CCC1(c2ccc(NC(=O)COc3nn(C)c4nc(C)cc(C)c34)cc2)CCC(=O)NC1=O. The van der Waals surface area contributed by atoms with Crippen LogP contribution >= 0.6 is 0 Å². The van der Waals surface area contributed by atoms with Crippen LogP contribution in [0.5, 0.6) is 5.88 Å². The molecule has 3 heterocycles. The molecule has 1 saturated heterocycles. The second-order valence-electron chi connectivity index (χ2n) is 8.44. The summed E-state index contributed by atoms with van der Waals surface area (Å²) in [5.74, 6) is -0.472. The monoisotopic (exact) mass is 449 g/mol. The van der Waals surface area contributed by atoms with Crippen molar-refractivity contribution < 1.29 is 19.1 Å². The zero-order chi connectivity index (χ0) is 23.8. The average molecular weight is 450 g/mol. The van der Waals surface area contributed by atoms with E-state index < -0.39 is 5.41 Å². The lowest BCUT2D eigenvalue weighted by atomic mass is 9.72. The molecule has 3 amide bonds. The smallest absolute Gasteiger partial charge is 0.262 e. The topological polar surface area (TPSA) is 115 Å². The van der Waals surface area contributed by atoms with Crippen LogP contribution in [0.4, 0.5) is 5.69 Å². The maximum absolute atomic E-state index is 12.5. The Bertz CT molecular complexity index is 1250. The number of pyridine rings is 1. The van der Waals surface area contributed by atoms with Crippen LogP contribution in [0.15, 0.2) is 30.3 Å². The van der Waals surface area contributed by atoms with Crippen LogP contribution in [0.2, 0.25) is 0 Å². The van der Waals surface area contributed by atoms with E-state index in [1.165, 1.54) is 0 Å². The van der Waals surface area contributed by atoms with Gasteiger partial charge in [0.1, 0.15) is 0 Å². The maximum atomic E-state index is 12.5. The largest absolute Gasteiger partial charge is 0.466 e. The van der Waals surface area contributed by atoms with Crippen molar-refractivity contribution in [2.75, 3.05) is 11.9 Å². The number of fused-ring (bicyclic) bond motifs is 1. The van der Waals surface area contributed by atoms with E-state index in [0.717, 1.165) is 22.2 Å². The first-order valence-electron chi connectivity index (χ1n) is 10.9. The number of anilines is 1. The van der Waals surface area contributed by atoms with Gasteiger partial charge >= 0.3 is 0 Å². The van der Waals surface area contributed by atoms with E-state index in [1.807, 2.05) is 39.0 Å². The molecule has 1 aliphatic rings. The molecule has 2 N–H and O–H groups in total. The van der Waals surface area contributed by atoms with Gasteiger partial charge in [0.15, 0.2) is 12.3 Å². The summed E-state index contributed by atoms with van der Waals surface area (Å²) in [6.45, 7) is 5.60. The van der Waals surface area contributed by atoms with Crippen LogP contribution in [0.25, 0.3) is 11.0 Å². The Morgan fingerprint density at radius 3 is 2.64 bits per heavy atom. The molecule has 3 aromatic rings. The van der Waals surface area contributed by atoms with Crippen molar-refractivity contribution in [3.8, 4) is 5.88 Å². The molecule has 9 heteroatoms. The zero-order valence-electron chi connectivity index (χ0n) is 19.2. The predicted molar refractivity (Wildman–Crippen MR) is 123 cm³/mol. The first kappa shape index (κ1) is 22.4. The molecule has 1 aromatic carbocycles. The van der Waals surface area contributed by atoms with Crippen LogP contribution in [0.3, 0.4) is 0 Å². The number of carbonyl (C=O) groups excluding carboxylic acids is 3. The van der Waals surface area contributed by atoms with E-state index in [0.29, 0.717) is 36.5 Å². The molecule has 4 rings (SSSR count). The molecule has 0 aliphatic carbocycles. The van der Waals surface area contributed by atoms with Crippen LogP contribution < -0.4 is 15.4 Å². The van der Waals surface area contributed by atoms with Crippen LogP contribution in [0.1, 0.15) is 43.0 Å². The number of carbonyl (C=O) groups is 3. The number of amides is 3. The molecular formula is C24H27N5O4. The molecule has 2 aromatic heterocycles. The van der Waals surface area contributed by atoms with Crippen molar-refractivity contribution >= 4 is 34.4 Å². The Balaban J connectivity index is 1.43. The Labute approximate surface area is 191 Å². The zero-order valence-corrected chi connectivity index (χ0v) is 19.2. The summed E-state index contributed by atoms with van der Waals surface area (Å²) in [5, 5.41) is 10.4. The highest BCUT2D eigenvalue weighted by Gasteiger charge is 2.42. The van der Waals surface area contributed by atoms with E-state index in [-0.39, 0.29) is 24.3 Å². The number of imide groups is 1. The van der Waals surface area contributed by atoms with E-state index in [9.17, 15) is 14.4 Å². The number of piperidine rings is 1. The molecule has 172 valence electrons. The lowest BCUT2D eigenvalue weighted by molar-refractivity contribution is -0.138. The number of nitrogens with zero attached hydrogens (tertiary/aromatic N) is 3. The molecule has 0 bridgehead atoms. The molecular weight excluding hydrogens is 422 g/mol. The standard InChI is InChI=1S/C24H27N5O4/c1-5-24(11-10-18(30)27-23(24)32)16-6-8-17(9-7-16)26-19(31)13-33-22-20-14(2)12-15(3)25-21(20)29(4)28-22/h6-9,12H,5,10-11,13H2,1-4H3,(H,26,31)(H,27,30,32). The number of aromatic nitrogens is 3. The second kappa shape index (κ2) is 8.65. The summed E-state index contributed by atoms with van der Waals surface area (Å²) in [5.41, 5.74) is 3.25. The highest BCUT2D eigenvalue weighted by Crippen LogP contribution is 2.36. The first-order chi connectivity index (χ1) is 15.7. The Morgan fingerprint density at radius 1 is 1.24 bits per heavy atom. The van der Waals surface area contributed by atoms with Crippen LogP contribution in [-0.4, -0.2) is 39.1 Å². The summed E-state index contributed by atoms with van der Waals surface area (Å²) in [7, 11) is 1.79. The maximum Gasteiger partial charge on any atom is 0.262 e. The fourth-order valence-corrected chi connectivity index (χ4v) is 4.42. The minimum atomic E-state index is -0.732. The normalized spacial score (nSPS) is 18.3. The molecule has 9 nitrogen and oxygen atoms in total. The van der Waals surface area contributed by atoms with Gasteiger partial charge in [-0.25, -0.2) is 9.67 Å². The highest BCUT2D eigenvalue weighted by atomic mass is 16.5. The van der Waals surface area contributed by atoms with Gasteiger partial charge in [0, 0.05) is 24.8 Å². The number of rotatable bonds is 6. The molecule has 33 heavy (non-hydrogen) atoms. The average Bonchev–Trinajstić information content (AvgIpc) is 3.09. The summed E-state index contributed by atoms with van der Waals surface area (Å²) in [4.78, 5) is 41.1. The molecule has 1 aliphatic heterocycles. The second-order valence-corrected chi connectivity index (χ2v) is 8.44. The Kier molecular flexibility index (Phi) is 5.88. The quantitative estimate of drug-likeness (QED) is 0.559. The highest BCUT2D eigenvalue weighted by molar-refractivity contribution is 6.03. The van der Waals surface area contributed by atoms with E-state index in [2.05, 4.69) is 20.7 Å². The lowest BCUT2D eigenvalue weighted by Crippen LogP contribution is -2.51. The van der Waals surface area contributed by atoms with Crippen molar-refractivity contribution in [1.82, 2.24) is 20.1 Å². The molecule has 1 fully saturated rings. The predicted octanol–water partition coefficient (Wildman–Crippen LogP) is 2.69. The van der Waals surface area contributed by atoms with Crippen molar-refractivity contribution in [2.45, 2.75) is 45.4 Å². The Hall–Kier alpha value is -3.75. The summed E-state index contributed by atoms with van der Waals surface area (Å²) in [6, 6.07) is 9.09. The summed E-state index contributed by atoms with van der Waals surface area (Å²) < 4.78 is 7.34. The van der Waals surface area contributed by atoms with Crippen molar-refractivity contribution in [3.63, 3.8) is 0 Å². The number of hydrogen-bond acceptors (Lipinski definition) is 6. The number of aryl methyl sites for hydroxylation is 3. The van der Waals surface area contributed by atoms with Gasteiger partial charge in [-0.05, 0) is 56.0 Å². The molecule has 0 spiro atoms. The number of hydrogen-bond donors (Lipinski definition) is 2. The minimum Gasteiger partial charge on any atom is -0.466 e. The van der Waals surface area contributed by atoms with Gasteiger partial charge in [-0.2, -0.15) is 0 Å². The fraction of sp³-hybridized carbons (Fsp3) is 0.375. The molecule has 1 atom stereocenters. The number of nitrogens with one attached hydrogen (secondary N) is 2. The van der Waals surface area contributed by atoms with Crippen molar-refractivity contribution in [2.24, 2.45) is 7.05 Å². The molecule has 1 unspecified atom stereocenters. The molecule has 0 radical (unpaired) electrons. The van der Waals surface area contributed by atoms with Gasteiger partial charge in [0.25, 0.3) is 5.91 Å². The minimum absolute atomic E-state index is 0.204.